The zero-order valence-electron chi connectivity index (χ0n) is 11.5. The fourth-order valence-electron chi connectivity index (χ4n) is 4.06. The van der Waals surface area contributed by atoms with Gasteiger partial charge < -0.3 is 0 Å². The summed E-state index contributed by atoms with van der Waals surface area (Å²) >= 11 is 0. The van der Waals surface area contributed by atoms with E-state index in [-0.39, 0.29) is 0 Å². The highest BCUT2D eigenvalue weighted by atomic mass is 16.1. The Labute approximate surface area is 110 Å². The van der Waals surface area contributed by atoms with E-state index in [1.807, 2.05) is 0 Å². The van der Waals surface area contributed by atoms with Crippen LogP contribution in [0.4, 0.5) is 0 Å². The van der Waals surface area contributed by atoms with Crippen LogP contribution in [0.15, 0.2) is 17.1 Å². The van der Waals surface area contributed by atoms with Gasteiger partial charge in [-0.1, -0.05) is 20.4 Å². The molecule has 0 aromatic carbocycles. The van der Waals surface area contributed by atoms with Crippen molar-refractivity contribution in [2.75, 3.05) is 0 Å². The van der Waals surface area contributed by atoms with Gasteiger partial charge in [-0.25, -0.2) is 0 Å². The monoisotopic (exact) mass is 245 g/mol. The van der Waals surface area contributed by atoms with Crippen LogP contribution >= 0.6 is 0 Å². The lowest BCUT2D eigenvalue weighted by Gasteiger charge is -2.59. The van der Waals surface area contributed by atoms with Crippen LogP contribution in [0.1, 0.15) is 52.4 Å². The van der Waals surface area contributed by atoms with Crippen LogP contribution in [0.3, 0.4) is 0 Å². The molecule has 18 heavy (non-hydrogen) atoms. The molecule has 4 aliphatic carbocycles. The molecule has 4 fully saturated rings. The third-order valence-corrected chi connectivity index (χ3v) is 5.51. The quantitative estimate of drug-likeness (QED) is 0.649. The molecule has 4 rings (SSSR count). The Morgan fingerprint density at radius 1 is 1.28 bits per heavy atom. The summed E-state index contributed by atoms with van der Waals surface area (Å²) in [5.41, 5.74) is 2.90. The molecule has 0 N–H and O–H groups in total. The van der Waals surface area contributed by atoms with Crippen molar-refractivity contribution in [3.63, 3.8) is 0 Å². The Morgan fingerprint density at radius 3 is 2.67 bits per heavy atom. The summed E-state index contributed by atoms with van der Waals surface area (Å²) in [5, 5.41) is 0. The summed E-state index contributed by atoms with van der Waals surface area (Å²) in [6.07, 6.45) is 5.83. The second-order valence-corrected chi connectivity index (χ2v) is 6.90. The van der Waals surface area contributed by atoms with Crippen molar-refractivity contribution in [1.82, 2.24) is 0 Å². The summed E-state index contributed by atoms with van der Waals surface area (Å²) < 4.78 is 0. The van der Waals surface area contributed by atoms with Gasteiger partial charge in [-0.2, -0.15) is 0 Å². The first-order chi connectivity index (χ1) is 8.48. The predicted molar refractivity (Wildman–Crippen MR) is 73.8 cm³/mol. The maximum atomic E-state index is 11.5. The van der Waals surface area contributed by atoms with E-state index in [1.54, 1.807) is 0 Å². The molecule has 2 heteroatoms. The van der Waals surface area contributed by atoms with Crippen LogP contribution in [-0.2, 0) is 4.79 Å². The third kappa shape index (κ3) is 1.77. The molecule has 2 nitrogen and oxygen atoms in total. The SMILES string of the molecule is C=C1[C@H](N=C2CCCC(=O)C2)C[C@H]2C[C@@H]1C2(C)C. The minimum Gasteiger partial charge on any atom is -0.299 e. The van der Waals surface area contributed by atoms with E-state index in [4.69, 9.17) is 4.99 Å². The van der Waals surface area contributed by atoms with Crippen molar-refractivity contribution >= 4 is 11.5 Å². The molecule has 0 aromatic rings. The summed E-state index contributed by atoms with van der Waals surface area (Å²) in [5.74, 6) is 1.83. The first-order valence-electron chi connectivity index (χ1n) is 7.24. The summed E-state index contributed by atoms with van der Waals surface area (Å²) in [7, 11) is 0. The zero-order chi connectivity index (χ0) is 12.9. The fraction of sp³-hybridized carbons (Fsp3) is 0.750. The van der Waals surface area contributed by atoms with Crippen LogP contribution in [0, 0.1) is 17.3 Å². The van der Waals surface area contributed by atoms with Crippen molar-refractivity contribution in [2.24, 2.45) is 22.2 Å². The predicted octanol–water partition coefficient (Wildman–Crippen LogP) is 3.56. The maximum Gasteiger partial charge on any atom is 0.138 e. The number of hydrogen-bond donors (Lipinski definition) is 0. The third-order valence-electron chi connectivity index (χ3n) is 5.51. The molecule has 98 valence electrons. The van der Waals surface area contributed by atoms with Crippen LogP contribution < -0.4 is 0 Å². The molecule has 0 heterocycles. The first-order valence-corrected chi connectivity index (χ1v) is 7.24. The largest absolute Gasteiger partial charge is 0.299 e. The maximum absolute atomic E-state index is 11.5. The van der Waals surface area contributed by atoms with E-state index in [0.29, 0.717) is 29.6 Å². The van der Waals surface area contributed by atoms with E-state index in [0.717, 1.165) is 37.3 Å². The molecular weight excluding hydrogens is 222 g/mol. The van der Waals surface area contributed by atoms with Crippen molar-refractivity contribution in [3.8, 4) is 0 Å². The van der Waals surface area contributed by atoms with Gasteiger partial charge in [0.25, 0.3) is 0 Å². The van der Waals surface area contributed by atoms with Gasteiger partial charge in [-0.15, -0.1) is 0 Å². The molecule has 0 amide bonds. The van der Waals surface area contributed by atoms with Crippen LogP contribution in [-0.4, -0.2) is 17.5 Å². The van der Waals surface area contributed by atoms with Crippen molar-refractivity contribution in [1.29, 1.82) is 0 Å². The number of aliphatic imine (C=N–C) groups is 1. The summed E-state index contributed by atoms with van der Waals surface area (Å²) in [6.45, 7) is 9.03. The lowest BCUT2D eigenvalue weighted by Crippen LogP contribution is -2.53. The number of hydrogen-bond acceptors (Lipinski definition) is 2. The van der Waals surface area contributed by atoms with Gasteiger partial charge in [0.15, 0.2) is 0 Å². The Morgan fingerprint density at radius 2 is 2.06 bits per heavy atom. The zero-order valence-corrected chi connectivity index (χ0v) is 11.5. The highest BCUT2D eigenvalue weighted by Crippen LogP contribution is 2.61. The fourth-order valence-corrected chi connectivity index (χ4v) is 4.06. The first kappa shape index (κ1) is 12.1. The smallest absolute Gasteiger partial charge is 0.138 e. The van der Waals surface area contributed by atoms with Gasteiger partial charge in [0, 0.05) is 18.6 Å². The highest BCUT2D eigenvalue weighted by Gasteiger charge is 2.54. The van der Waals surface area contributed by atoms with Gasteiger partial charge in [0.2, 0.25) is 0 Å². The van der Waals surface area contributed by atoms with Crippen LogP contribution in [0.2, 0.25) is 0 Å². The molecule has 0 aromatic heterocycles. The molecule has 4 saturated carbocycles. The van der Waals surface area contributed by atoms with Gasteiger partial charge in [-0.05, 0) is 48.5 Å². The number of rotatable bonds is 1. The van der Waals surface area contributed by atoms with Gasteiger partial charge >= 0.3 is 0 Å². The molecule has 4 aliphatic rings. The minimum atomic E-state index is 0.308. The lowest BCUT2D eigenvalue weighted by molar-refractivity contribution is -0.118. The molecule has 0 aliphatic heterocycles. The second kappa shape index (κ2) is 4.04. The average molecular weight is 245 g/mol. The number of Topliss-reactive ketones (excluding diaryl/α,β-unsaturated/α-hetero) is 1. The van der Waals surface area contributed by atoms with Gasteiger partial charge in [0.05, 0.1) is 6.04 Å². The van der Waals surface area contributed by atoms with Crippen molar-refractivity contribution in [3.05, 3.63) is 12.2 Å². The normalized spacial score (nSPS) is 40.8. The summed E-state index contributed by atoms with van der Waals surface area (Å²) in [6, 6.07) is 0.308. The van der Waals surface area contributed by atoms with E-state index in [1.165, 1.54) is 12.0 Å². The number of carbonyl (C=O) groups is 1. The second-order valence-electron chi connectivity index (χ2n) is 6.90. The molecule has 0 unspecified atom stereocenters. The number of fused-ring (bicyclic) bond motifs is 2. The van der Waals surface area contributed by atoms with E-state index >= 15 is 0 Å². The van der Waals surface area contributed by atoms with Gasteiger partial charge in [0.1, 0.15) is 5.78 Å². The molecule has 0 saturated heterocycles. The molecule has 0 spiro atoms. The molecular formula is C16H23NO. The lowest BCUT2D eigenvalue weighted by atomic mass is 9.46. The topological polar surface area (TPSA) is 29.4 Å². The van der Waals surface area contributed by atoms with Crippen molar-refractivity contribution in [2.45, 2.75) is 58.4 Å². The Hall–Kier alpha value is -0.920. The van der Waals surface area contributed by atoms with E-state index < -0.39 is 0 Å². The Bertz CT molecular complexity index is 432. The number of ketones is 1. The minimum absolute atomic E-state index is 0.308. The molecule has 0 radical (unpaired) electrons. The number of carbonyl (C=O) groups excluding carboxylic acids is 1. The van der Waals surface area contributed by atoms with E-state index in [2.05, 4.69) is 20.4 Å². The Kier molecular flexibility index (Phi) is 2.72. The number of nitrogens with zero attached hydrogens (tertiary/aromatic N) is 1. The average Bonchev–Trinajstić information content (AvgIpc) is 2.31. The van der Waals surface area contributed by atoms with Gasteiger partial charge in [-0.3, -0.25) is 9.79 Å². The van der Waals surface area contributed by atoms with Crippen LogP contribution in [0.25, 0.3) is 0 Å². The standard InChI is InChI=1S/C16H23NO/c1-10-14-7-11(16(14,2)3)8-15(10)17-12-5-4-6-13(18)9-12/h11,14-15H,1,4-9H2,2-3H3/t11-,14+,15-/m1/s1. The van der Waals surface area contributed by atoms with E-state index in [9.17, 15) is 4.79 Å². The molecule has 2 bridgehead atoms. The molecule has 3 atom stereocenters. The Balaban J connectivity index is 1.74. The summed E-state index contributed by atoms with van der Waals surface area (Å²) in [4.78, 5) is 16.3. The van der Waals surface area contributed by atoms with Crippen molar-refractivity contribution < 1.29 is 4.79 Å². The highest BCUT2D eigenvalue weighted by molar-refractivity contribution is 6.04. The van der Waals surface area contributed by atoms with Crippen LogP contribution in [0.5, 0.6) is 0 Å².